The molecule has 1 amide bonds. The number of hydrogen-bond donors (Lipinski definition) is 2. The van der Waals surface area contributed by atoms with Crippen LogP contribution < -0.4 is 10.7 Å². The molecule has 0 atom stereocenters. The molecule has 2 N–H and O–H groups in total. The van der Waals surface area contributed by atoms with E-state index in [1.54, 1.807) is 6.92 Å². The number of carbonyl (C=O) groups excluding carboxylic acids is 1. The maximum absolute atomic E-state index is 12.0. The first-order valence-electron chi connectivity index (χ1n) is 6.00. The molecule has 0 saturated heterocycles. The van der Waals surface area contributed by atoms with E-state index in [0.717, 1.165) is 0 Å². The number of anilines is 1. The van der Waals surface area contributed by atoms with Crippen molar-refractivity contribution in [2.45, 2.75) is 6.92 Å². The van der Waals surface area contributed by atoms with Crippen LogP contribution in [0.3, 0.4) is 0 Å². The zero-order valence-electron chi connectivity index (χ0n) is 11.1. The van der Waals surface area contributed by atoms with Crippen LogP contribution in [0.5, 0.6) is 0 Å². The zero-order chi connectivity index (χ0) is 15.4. The number of nitrogens with zero attached hydrogens (tertiary/aromatic N) is 2. The van der Waals surface area contributed by atoms with Crippen molar-refractivity contribution in [2.24, 2.45) is 0 Å². The summed E-state index contributed by atoms with van der Waals surface area (Å²) in [4.78, 5) is 26.5. The smallest absolute Gasteiger partial charge is 0.261 e. The van der Waals surface area contributed by atoms with E-state index in [4.69, 9.17) is 10.5 Å². The third-order valence-corrected chi connectivity index (χ3v) is 2.82. The lowest BCUT2D eigenvalue weighted by atomic mass is 10.1. The first kappa shape index (κ1) is 14.0. The van der Waals surface area contributed by atoms with Gasteiger partial charge in [0.25, 0.3) is 5.91 Å². The van der Waals surface area contributed by atoms with Crippen LogP contribution in [0.25, 0.3) is 0 Å². The maximum Gasteiger partial charge on any atom is 0.261 e. The number of aromatic amines is 1. The minimum Gasteiger partial charge on any atom is -0.364 e. The molecule has 6 heteroatoms. The molecule has 0 unspecified atom stereocenters. The number of aromatic nitrogens is 1. The number of pyridine rings is 1. The van der Waals surface area contributed by atoms with Crippen molar-refractivity contribution >= 4 is 11.6 Å². The molecule has 0 aliphatic rings. The van der Waals surface area contributed by atoms with Crippen LogP contribution in [0.1, 0.15) is 27.2 Å². The summed E-state index contributed by atoms with van der Waals surface area (Å²) >= 11 is 0. The van der Waals surface area contributed by atoms with Gasteiger partial charge in [0.05, 0.1) is 11.1 Å². The van der Waals surface area contributed by atoms with Crippen molar-refractivity contribution in [3.63, 3.8) is 0 Å². The summed E-state index contributed by atoms with van der Waals surface area (Å²) in [6, 6.07) is 9.41. The van der Waals surface area contributed by atoms with Crippen molar-refractivity contribution in [3.05, 3.63) is 63.1 Å². The predicted molar refractivity (Wildman–Crippen MR) is 75.6 cm³/mol. The molecule has 1 heterocycles. The molecule has 6 nitrogen and oxygen atoms in total. The third kappa shape index (κ3) is 2.96. The van der Waals surface area contributed by atoms with Crippen molar-refractivity contribution in [3.8, 4) is 12.1 Å². The number of benzene rings is 1. The van der Waals surface area contributed by atoms with Crippen LogP contribution in [-0.4, -0.2) is 10.9 Å². The van der Waals surface area contributed by atoms with Crippen LogP contribution in [0.2, 0.25) is 0 Å². The number of carbonyl (C=O) groups is 1. The quantitative estimate of drug-likeness (QED) is 0.870. The van der Waals surface area contributed by atoms with E-state index in [-0.39, 0.29) is 16.7 Å². The van der Waals surface area contributed by atoms with Crippen LogP contribution in [-0.2, 0) is 0 Å². The van der Waals surface area contributed by atoms with Gasteiger partial charge in [-0.05, 0) is 25.1 Å². The number of hydrogen-bond acceptors (Lipinski definition) is 4. The average Bonchev–Trinajstić information content (AvgIpc) is 2.46. The van der Waals surface area contributed by atoms with Gasteiger partial charge in [-0.2, -0.15) is 10.5 Å². The van der Waals surface area contributed by atoms with E-state index in [1.807, 2.05) is 12.1 Å². The minimum absolute atomic E-state index is 0.0246. The SMILES string of the molecule is Cc1cc(=O)c(C(=O)Nc2ccc(C#N)c(C#N)c2)c[nH]1. The van der Waals surface area contributed by atoms with Crippen LogP contribution in [0, 0.1) is 29.6 Å². The molecule has 0 saturated carbocycles. The van der Waals surface area contributed by atoms with Gasteiger partial charge in [-0.1, -0.05) is 0 Å². The Kier molecular flexibility index (Phi) is 3.83. The average molecular weight is 278 g/mol. The fraction of sp³-hybridized carbons (Fsp3) is 0.0667. The van der Waals surface area contributed by atoms with Gasteiger partial charge in [-0.3, -0.25) is 9.59 Å². The number of aryl methyl sites for hydroxylation is 1. The monoisotopic (exact) mass is 278 g/mol. The Morgan fingerprint density at radius 2 is 1.90 bits per heavy atom. The fourth-order valence-electron chi connectivity index (χ4n) is 1.76. The molecule has 0 radical (unpaired) electrons. The third-order valence-electron chi connectivity index (χ3n) is 2.82. The molecular formula is C15H10N4O2. The molecule has 0 spiro atoms. The topological polar surface area (TPSA) is 110 Å². The van der Waals surface area contributed by atoms with Crippen molar-refractivity contribution in [1.82, 2.24) is 4.98 Å². The summed E-state index contributed by atoms with van der Waals surface area (Å²) < 4.78 is 0. The molecule has 0 aliphatic heterocycles. The van der Waals surface area contributed by atoms with Gasteiger partial charge in [0.1, 0.15) is 17.7 Å². The second kappa shape index (κ2) is 5.72. The standard InChI is InChI=1S/C15H10N4O2/c1-9-4-14(20)13(8-18-9)15(21)19-12-3-2-10(6-16)11(5-12)7-17/h2-5,8H,1H3,(H,18,20)(H,19,21). The lowest BCUT2D eigenvalue weighted by Gasteiger charge is -2.06. The Bertz CT molecular complexity index is 853. The predicted octanol–water partition coefficient (Wildman–Crippen LogP) is 1.68. The van der Waals surface area contributed by atoms with Gasteiger partial charge in [-0.25, -0.2) is 0 Å². The van der Waals surface area contributed by atoms with Gasteiger partial charge in [0.2, 0.25) is 0 Å². The Morgan fingerprint density at radius 3 is 2.52 bits per heavy atom. The fourth-order valence-corrected chi connectivity index (χ4v) is 1.76. The van der Waals surface area contributed by atoms with E-state index in [2.05, 4.69) is 10.3 Å². The number of nitrogens with one attached hydrogen (secondary N) is 2. The highest BCUT2D eigenvalue weighted by molar-refractivity contribution is 6.04. The van der Waals surface area contributed by atoms with E-state index >= 15 is 0 Å². The highest BCUT2D eigenvalue weighted by atomic mass is 16.2. The molecule has 2 aromatic rings. The lowest BCUT2D eigenvalue weighted by molar-refractivity contribution is 0.102. The number of rotatable bonds is 2. The van der Waals surface area contributed by atoms with Crippen LogP contribution in [0.15, 0.2) is 35.3 Å². The van der Waals surface area contributed by atoms with Crippen LogP contribution >= 0.6 is 0 Å². The number of H-pyrrole nitrogens is 1. The zero-order valence-corrected chi connectivity index (χ0v) is 11.1. The van der Waals surface area contributed by atoms with Gasteiger partial charge >= 0.3 is 0 Å². The Hall–Kier alpha value is -3.38. The summed E-state index contributed by atoms with van der Waals surface area (Å²) in [6.45, 7) is 1.71. The van der Waals surface area contributed by atoms with E-state index in [0.29, 0.717) is 11.4 Å². The second-order valence-electron chi connectivity index (χ2n) is 4.33. The summed E-state index contributed by atoms with van der Waals surface area (Å²) in [6.07, 6.45) is 1.34. The molecule has 0 bridgehead atoms. The molecular weight excluding hydrogens is 268 g/mol. The maximum atomic E-state index is 12.0. The van der Waals surface area contributed by atoms with Crippen LogP contribution in [0.4, 0.5) is 5.69 Å². The van der Waals surface area contributed by atoms with Gasteiger partial charge < -0.3 is 10.3 Å². The number of amides is 1. The molecule has 2 rings (SSSR count). The molecule has 102 valence electrons. The van der Waals surface area contributed by atoms with Crippen molar-refractivity contribution in [1.29, 1.82) is 10.5 Å². The van der Waals surface area contributed by atoms with Gasteiger partial charge in [0.15, 0.2) is 5.43 Å². The Morgan fingerprint density at radius 1 is 1.19 bits per heavy atom. The highest BCUT2D eigenvalue weighted by Crippen LogP contribution is 2.15. The first-order chi connectivity index (χ1) is 10.0. The number of nitriles is 2. The summed E-state index contributed by atoms with van der Waals surface area (Å²) in [7, 11) is 0. The molecule has 21 heavy (non-hydrogen) atoms. The van der Waals surface area contributed by atoms with E-state index in [1.165, 1.54) is 30.5 Å². The molecule has 1 aromatic heterocycles. The molecule has 1 aromatic carbocycles. The lowest BCUT2D eigenvalue weighted by Crippen LogP contribution is -2.21. The van der Waals surface area contributed by atoms with Gasteiger partial charge in [0, 0.05) is 23.6 Å². The van der Waals surface area contributed by atoms with Crippen molar-refractivity contribution in [2.75, 3.05) is 5.32 Å². The van der Waals surface area contributed by atoms with E-state index < -0.39 is 11.3 Å². The Balaban J connectivity index is 2.30. The Labute approximate surface area is 120 Å². The van der Waals surface area contributed by atoms with E-state index in [9.17, 15) is 9.59 Å². The first-order valence-corrected chi connectivity index (χ1v) is 6.00. The second-order valence-corrected chi connectivity index (χ2v) is 4.33. The largest absolute Gasteiger partial charge is 0.364 e. The molecule has 0 fully saturated rings. The summed E-state index contributed by atoms with van der Waals surface area (Å²) in [5, 5.41) is 20.3. The summed E-state index contributed by atoms with van der Waals surface area (Å²) in [5.41, 5.74) is 0.968. The van der Waals surface area contributed by atoms with Crippen molar-refractivity contribution < 1.29 is 4.79 Å². The highest BCUT2D eigenvalue weighted by Gasteiger charge is 2.11. The minimum atomic E-state index is -0.579. The van der Waals surface area contributed by atoms with Gasteiger partial charge in [-0.15, -0.1) is 0 Å². The summed E-state index contributed by atoms with van der Waals surface area (Å²) in [5.74, 6) is -0.579. The normalized spacial score (nSPS) is 9.48. The molecule has 0 aliphatic carbocycles.